The molecule has 0 saturated heterocycles. The first-order chi connectivity index (χ1) is 11.4. The summed E-state index contributed by atoms with van der Waals surface area (Å²) in [7, 11) is -3.92. The molecule has 0 fully saturated rings. The van der Waals surface area contributed by atoms with Crippen molar-refractivity contribution in [2.75, 3.05) is 11.1 Å². The third kappa shape index (κ3) is 3.49. The number of amides is 1. The van der Waals surface area contributed by atoms with Crippen molar-refractivity contribution in [1.29, 1.82) is 0 Å². The van der Waals surface area contributed by atoms with Crippen LogP contribution in [0.2, 0.25) is 0 Å². The number of carbonyl (C=O) groups excluding carboxylic acids is 1. The summed E-state index contributed by atoms with van der Waals surface area (Å²) in [4.78, 5) is 11.7. The zero-order valence-corrected chi connectivity index (χ0v) is 12.8. The quantitative estimate of drug-likeness (QED) is 0.698. The van der Waals surface area contributed by atoms with E-state index in [0.29, 0.717) is 5.76 Å². The standard InChI is InChI=1S/C14H10FN3O5S/c15-9-3-5-10(6-4-9)24(20,21)8-12(19)16-14-18-17-13(23-14)11-2-1-7-22-11/h1-7H,8H2,(H,16,18,19). The average Bonchev–Trinajstić information content (AvgIpc) is 3.17. The highest BCUT2D eigenvalue weighted by Gasteiger charge is 2.21. The van der Waals surface area contributed by atoms with Gasteiger partial charge in [-0.2, -0.15) is 0 Å². The van der Waals surface area contributed by atoms with Crippen molar-refractivity contribution in [3.05, 3.63) is 48.5 Å². The molecule has 10 heteroatoms. The molecule has 1 aromatic carbocycles. The number of aromatic nitrogens is 2. The fourth-order valence-corrected chi connectivity index (χ4v) is 2.96. The van der Waals surface area contributed by atoms with E-state index in [2.05, 4.69) is 15.5 Å². The second-order valence-corrected chi connectivity index (χ2v) is 6.64. The zero-order valence-electron chi connectivity index (χ0n) is 12.0. The van der Waals surface area contributed by atoms with Gasteiger partial charge in [-0.15, -0.1) is 5.10 Å². The Hall–Kier alpha value is -3.01. The lowest BCUT2D eigenvalue weighted by Crippen LogP contribution is -2.23. The number of hydrogen-bond donors (Lipinski definition) is 1. The van der Waals surface area contributed by atoms with Crippen LogP contribution in [0.4, 0.5) is 10.4 Å². The van der Waals surface area contributed by atoms with Gasteiger partial charge in [-0.05, 0) is 36.4 Å². The molecule has 0 aliphatic heterocycles. The van der Waals surface area contributed by atoms with Gasteiger partial charge in [-0.3, -0.25) is 10.1 Å². The van der Waals surface area contributed by atoms with Crippen LogP contribution < -0.4 is 5.32 Å². The second kappa shape index (κ2) is 6.24. The SMILES string of the molecule is O=C(CS(=O)(=O)c1ccc(F)cc1)Nc1nnc(-c2ccco2)o1. The van der Waals surface area contributed by atoms with Gasteiger partial charge < -0.3 is 8.83 Å². The van der Waals surface area contributed by atoms with Gasteiger partial charge in [0.05, 0.1) is 11.2 Å². The van der Waals surface area contributed by atoms with Gasteiger partial charge in [0.1, 0.15) is 11.6 Å². The molecule has 1 amide bonds. The van der Waals surface area contributed by atoms with E-state index >= 15 is 0 Å². The Balaban J connectivity index is 1.68. The van der Waals surface area contributed by atoms with E-state index in [1.807, 2.05) is 0 Å². The summed E-state index contributed by atoms with van der Waals surface area (Å²) in [5, 5.41) is 9.42. The molecule has 124 valence electrons. The minimum atomic E-state index is -3.92. The molecule has 0 bridgehead atoms. The van der Waals surface area contributed by atoms with E-state index in [4.69, 9.17) is 8.83 Å². The predicted molar refractivity (Wildman–Crippen MR) is 79.1 cm³/mol. The molecule has 0 spiro atoms. The van der Waals surface area contributed by atoms with Crippen molar-refractivity contribution in [1.82, 2.24) is 10.2 Å². The molecule has 24 heavy (non-hydrogen) atoms. The molecule has 0 radical (unpaired) electrons. The van der Waals surface area contributed by atoms with Gasteiger partial charge in [0.25, 0.3) is 5.89 Å². The van der Waals surface area contributed by atoms with Crippen LogP contribution in [0.3, 0.4) is 0 Å². The van der Waals surface area contributed by atoms with Crippen molar-refractivity contribution in [3.8, 4) is 11.7 Å². The van der Waals surface area contributed by atoms with Crippen molar-refractivity contribution >= 4 is 21.8 Å². The Morgan fingerprint density at radius 1 is 1.17 bits per heavy atom. The number of benzene rings is 1. The van der Waals surface area contributed by atoms with Crippen LogP contribution >= 0.6 is 0 Å². The lowest BCUT2D eigenvalue weighted by molar-refractivity contribution is -0.114. The predicted octanol–water partition coefficient (Wildman–Crippen LogP) is 1.88. The fraction of sp³-hybridized carbons (Fsp3) is 0.0714. The molecule has 0 unspecified atom stereocenters. The van der Waals surface area contributed by atoms with Crippen molar-refractivity contribution in [2.24, 2.45) is 0 Å². The Kier molecular flexibility index (Phi) is 4.13. The maximum atomic E-state index is 12.8. The monoisotopic (exact) mass is 351 g/mol. The number of anilines is 1. The van der Waals surface area contributed by atoms with Gasteiger partial charge in [0, 0.05) is 0 Å². The van der Waals surface area contributed by atoms with Gasteiger partial charge in [-0.1, -0.05) is 5.10 Å². The number of hydrogen-bond acceptors (Lipinski definition) is 7. The molecule has 2 heterocycles. The Morgan fingerprint density at radius 2 is 1.92 bits per heavy atom. The first kappa shape index (κ1) is 15.9. The molecule has 0 aliphatic carbocycles. The van der Waals surface area contributed by atoms with E-state index < -0.39 is 27.3 Å². The van der Waals surface area contributed by atoms with Crippen LogP contribution in [0.25, 0.3) is 11.7 Å². The highest BCUT2D eigenvalue weighted by atomic mass is 32.2. The van der Waals surface area contributed by atoms with Crippen molar-refractivity contribution < 1.29 is 26.4 Å². The third-order valence-electron chi connectivity index (χ3n) is 2.90. The molecule has 8 nitrogen and oxygen atoms in total. The van der Waals surface area contributed by atoms with Crippen LogP contribution in [0.15, 0.2) is 56.4 Å². The van der Waals surface area contributed by atoms with Crippen molar-refractivity contribution in [2.45, 2.75) is 4.90 Å². The number of furan rings is 1. The van der Waals surface area contributed by atoms with Crippen LogP contribution in [0.1, 0.15) is 0 Å². The van der Waals surface area contributed by atoms with Crippen LogP contribution in [0, 0.1) is 5.82 Å². The largest absolute Gasteiger partial charge is 0.459 e. The van der Waals surface area contributed by atoms with E-state index in [-0.39, 0.29) is 16.8 Å². The highest BCUT2D eigenvalue weighted by Crippen LogP contribution is 2.20. The van der Waals surface area contributed by atoms with E-state index in [9.17, 15) is 17.6 Å². The van der Waals surface area contributed by atoms with Gasteiger partial charge in [-0.25, -0.2) is 12.8 Å². The summed E-state index contributed by atoms with van der Waals surface area (Å²) in [5.41, 5.74) is 0. The summed E-state index contributed by atoms with van der Waals surface area (Å²) in [6, 6.07) is 7.10. The highest BCUT2D eigenvalue weighted by molar-refractivity contribution is 7.92. The second-order valence-electron chi connectivity index (χ2n) is 4.65. The lowest BCUT2D eigenvalue weighted by atomic mass is 10.4. The Bertz CT molecular complexity index is 949. The molecular formula is C14H10FN3O5S. The number of nitrogens with one attached hydrogen (secondary N) is 1. The molecule has 3 aromatic rings. The third-order valence-corrected chi connectivity index (χ3v) is 4.53. The summed E-state index contributed by atoms with van der Waals surface area (Å²) >= 11 is 0. The first-order valence-corrected chi connectivity index (χ1v) is 8.25. The molecule has 0 atom stereocenters. The fourth-order valence-electron chi connectivity index (χ4n) is 1.83. The minimum absolute atomic E-state index is 0.0386. The molecule has 1 N–H and O–H groups in total. The summed E-state index contributed by atoms with van der Waals surface area (Å²) in [5.74, 6) is -1.95. The Morgan fingerprint density at radius 3 is 2.58 bits per heavy atom. The van der Waals surface area contributed by atoms with Crippen LogP contribution in [0.5, 0.6) is 0 Å². The molecule has 0 saturated carbocycles. The number of rotatable bonds is 5. The van der Waals surface area contributed by atoms with Crippen LogP contribution in [-0.2, 0) is 14.6 Å². The summed E-state index contributed by atoms with van der Waals surface area (Å²) in [6.07, 6.45) is 1.41. The maximum Gasteiger partial charge on any atom is 0.322 e. The first-order valence-electron chi connectivity index (χ1n) is 6.59. The van der Waals surface area contributed by atoms with Gasteiger partial charge in [0.15, 0.2) is 15.6 Å². The average molecular weight is 351 g/mol. The van der Waals surface area contributed by atoms with Gasteiger partial charge in [0.2, 0.25) is 5.91 Å². The summed E-state index contributed by atoms with van der Waals surface area (Å²) < 4.78 is 47.2. The topological polar surface area (TPSA) is 115 Å². The smallest absolute Gasteiger partial charge is 0.322 e. The summed E-state index contributed by atoms with van der Waals surface area (Å²) in [6.45, 7) is 0. The number of halogens is 1. The number of carbonyl (C=O) groups is 1. The molecular weight excluding hydrogens is 341 g/mol. The van der Waals surface area contributed by atoms with Gasteiger partial charge >= 0.3 is 6.01 Å². The Labute approximate surface area is 135 Å². The van der Waals surface area contributed by atoms with Crippen LogP contribution in [-0.4, -0.2) is 30.3 Å². The number of sulfone groups is 1. The maximum absolute atomic E-state index is 12.8. The lowest BCUT2D eigenvalue weighted by Gasteiger charge is -2.03. The van der Waals surface area contributed by atoms with Crippen molar-refractivity contribution in [3.63, 3.8) is 0 Å². The minimum Gasteiger partial charge on any atom is -0.459 e. The molecule has 3 rings (SSSR count). The van der Waals surface area contributed by atoms with E-state index in [1.165, 1.54) is 6.26 Å². The van der Waals surface area contributed by atoms with E-state index in [0.717, 1.165) is 24.3 Å². The normalized spacial score (nSPS) is 11.4. The molecule has 0 aliphatic rings. The zero-order chi connectivity index (χ0) is 17.2. The van der Waals surface area contributed by atoms with E-state index in [1.54, 1.807) is 12.1 Å². The molecule has 2 aromatic heterocycles. The number of nitrogens with zero attached hydrogens (tertiary/aromatic N) is 2.